The fraction of sp³-hybridized carbons (Fsp3) is 0.917. The van der Waals surface area contributed by atoms with Crippen molar-refractivity contribution >= 4 is 5.91 Å². The Hall–Kier alpha value is -0.570. The van der Waals surface area contributed by atoms with Gasteiger partial charge in [0.15, 0.2) is 0 Å². The van der Waals surface area contributed by atoms with Crippen molar-refractivity contribution in [2.45, 2.75) is 52.5 Å². The molecule has 1 fully saturated rings. The average molecular weight is 212 g/mol. The minimum absolute atomic E-state index is 0.0811. The van der Waals surface area contributed by atoms with Crippen molar-refractivity contribution in [3.63, 3.8) is 0 Å². The van der Waals surface area contributed by atoms with Crippen LogP contribution in [0.3, 0.4) is 0 Å². The van der Waals surface area contributed by atoms with Crippen LogP contribution in [0.2, 0.25) is 0 Å². The van der Waals surface area contributed by atoms with Gasteiger partial charge < -0.3 is 10.6 Å². The third-order valence-corrected chi connectivity index (χ3v) is 3.30. The van der Waals surface area contributed by atoms with Gasteiger partial charge in [-0.3, -0.25) is 4.79 Å². The van der Waals surface area contributed by atoms with Gasteiger partial charge in [0.2, 0.25) is 5.91 Å². The predicted octanol–water partition coefficient (Wildman–Crippen LogP) is 1.68. The van der Waals surface area contributed by atoms with E-state index in [0.717, 1.165) is 13.0 Å². The molecular weight excluding hydrogens is 188 g/mol. The second-order valence-corrected chi connectivity index (χ2v) is 5.70. The van der Waals surface area contributed by atoms with Crippen LogP contribution in [0.25, 0.3) is 0 Å². The first-order chi connectivity index (χ1) is 6.87. The Kier molecular flexibility index (Phi) is 3.77. The van der Waals surface area contributed by atoms with Crippen LogP contribution < -0.4 is 10.6 Å². The summed E-state index contributed by atoms with van der Waals surface area (Å²) in [4.78, 5) is 11.6. The molecule has 0 atom stereocenters. The zero-order chi connectivity index (χ0) is 11.5. The second-order valence-electron chi connectivity index (χ2n) is 5.70. The zero-order valence-electron chi connectivity index (χ0n) is 10.4. The highest BCUT2D eigenvalue weighted by molar-refractivity contribution is 5.78. The quantitative estimate of drug-likeness (QED) is 0.703. The van der Waals surface area contributed by atoms with E-state index in [1.54, 1.807) is 0 Å². The molecule has 1 rings (SSSR count). The molecule has 0 aliphatic heterocycles. The summed E-state index contributed by atoms with van der Waals surface area (Å²) >= 11 is 0. The molecule has 0 spiro atoms. The van der Waals surface area contributed by atoms with Gasteiger partial charge in [-0.2, -0.15) is 0 Å². The minimum Gasteiger partial charge on any atom is -0.350 e. The summed E-state index contributed by atoms with van der Waals surface area (Å²) in [6.07, 6.45) is 3.54. The van der Waals surface area contributed by atoms with E-state index in [1.165, 1.54) is 12.8 Å². The van der Waals surface area contributed by atoms with Crippen molar-refractivity contribution < 1.29 is 4.79 Å². The Bertz CT molecular complexity index is 232. The maximum atomic E-state index is 11.6. The fourth-order valence-corrected chi connectivity index (χ4v) is 1.38. The zero-order valence-corrected chi connectivity index (χ0v) is 10.4. The Balaban J connectivity index is 2.13. The van der Waals surface area contributed by atoms with Gasteiger partial charge >= 0.3 is 0 Å². The lowest BCUT2D eigenvalue weighted by molar-refractivity contribution is -0.121. The number of rotatable bonds is 6. The van der Waals surface area contributed by atoms with Gasteiger partial charge in [-0.15, -0.1) is 0 Å². The molecule has 15 heavy (non-hydrogen) atoms. The summed E-state index contributed by atoms with van der Waals surface area (Å²) in [6, 6.07) is 0. The number of hydrogen-bond donors (Lipinski definition) is 2. The van der Waals surface area contributed by atoms with Gasteiger partial charge in [0.25, 0.3) is 0 Å². The summed E-state index contributed by atoms with van der Waals surface area (Å²) in [5.74, 6) is 0.103. The number of amides is 1. The van der Waals surface area contributed by atoms with E-state index in [0.29, 0.717) is 12.0 Å². The Labute approximate surface area is 93.0 Å². The minimum atomic E-state index is -0.0811. The molecule has 0 heterocycles. The third kappa shape index (κ3) is 4.65. The first kappa shape index (κ1) is 12.5. The molecule has 0 aromatic rings. The van der Waals surface area contributed by atoms with Crippen molar-refractivity contribution in [3.8, 4) is 0 Å². The highest BCUT2D eigenvalue weighted by atomic mass is 16.2. The molecule has 3 heteroatoms. The fourth-order valence-electron chi connectivity index (χ4n) is 1.38. The lowest BCUT2D eigenvalue weighted by atomic mass is 10.0. The smallest absolute Gasteiger partial charge is 0.234 e. The molecule has 0 bridgehead atoms. The standard InChI is InChI=1S/C12H24N2O/c1-5-11(2,3)14-10(15)8-13-9-12(4)6-7-12/h13H,5-9H2,1-4H3,(H,14,15). The molecule has 0 aromatic heterocycles. The maximum absolute atomic E-state index is 11.6. The van der Waals surface area contributed by atoms with Crippen molar-refractivity contribution in [1.82, 2.24) is 10.6 Å². The molecule has 1 amide bonds. The molecule has 1 saturated carbocycles. The maximum Gasteiger partial charge on any atom is 0.234 e. The van der Waals surface area contributed by atoms with Gasteiger partial charge in [0.1, 0.15) is 0 Å². The number of nitrogens with one attached hydrogen (secondary N) is 2. The highest BCUT2D eigenvalue weighted by Gasteiger charge is 2.36. The molecule has 0 unspecified atom stereocenters. The van der Waals surface area contributed by atoms with Gasteiger partial charge in [0.05, 0.1) is 6.54 Å². The van der Waals surface area contributed by atoms with E-state index in [2.05, 4.69) is 24.5 Å². The Morgan fingerprint density at radius 2 is 2.00 bits per heavy atom. The van der Waals surface area contributed by atoms with E-state index in [4.69, 9.17) is 0 Å². The Morgan fingerprint density at radius 1 is 1.40 bits per heavy atom. The SMILES string of the molecule is CCC(C)(C)NC(=O)CNCC1(C)CC1. The van der Waals surface area contributed by atoms with E-state index in [-0.39, 0.29) is 11.4 Å². The molecule has 2 N–H and O–H groups in total. The Morgan fingerprint density at radius 3 is 2.47 bits per heavy atom. The summed E-state index contributed by atoms with van der Waals surface area (Å²) in [5, 5.41) is 6.23. The molecule has 88 valence electrons. The largest absolute Gasteiger partial charge is 0.350 e. The molecule has 0 aromatic carbocycles. The first-order valence-corrected chi connectivity index (χ1v) is 5.89. The summed E-state index contributed by atoms with van der Waals surface area (Å²) in [6.45, 7) is 9.85. The van der Waals surface area contributed by atoms with Crippen molar-refractivity contribution in [1.29, 1.82) is 0 Å². The van der Waals surface area contributed by atoms with Crippen LogP contribution in [0.1, 0.15) is 47.0 Å². The first-order valence-electron chi connectivity index (χ1n) is 5.89. The monoisotopic (exact) mass is 212 g/mol. The van der Waals surface area contributed by atoms with E-state index >= 15 is 0 Å². The number of carbonyl (C=O) groups is 1. The van der Waals surface area contributed by atoms with Crippen molar-refractivity contribution in [2.75, 3.05) is 13.1 Å². The number of carbonyl (C=O) groups excluding carboxylic acids is 1. The summed E-state index contributed by atoms with van der Waals surface area (Å²) in [7, 11) is 0. The lowest BCUT2D eigenvalue weighted by Crippen LogP contribution is -2.47. The average Bonchev–Trinajstić information content (AvgIpc) is 2.83. The third-order valence-electron chi connectivity index (χ3n) is 3.30. The lowest BCUT2D eigenvalue weighted by Gasteiger charge is -2.24. The van der Waals surface area contributed by atoms with Crippen molar-refractivity contribution in [2.24, 2.45) is 5.41 Å². The molecule has 1 aliphatic rings. The van der Waals surface area contributed by atoms with Crippen molar-refractivity contribution in [3.05, 3.63) is 0 Å². The summed E-state index contributed by atoms with van der Waals surface area (Å²) in [5.41, 5.74) is 0.392. The van der Waals surface area contributed by atoms with Crippen LogP contribution in [0.15, 0.2) is 0 Å². The van der Waals surface area contributed by atoms with Gasteiger partial charge in [0, 0.05) is 12.1 Å². The van der Waals surface area contributed by atoms with Crippen LogP contribution >= 0.6 is 0 Å². The molecule has 0 saturated heterocycles. The number of hydrogen-bond acceptors (Lipinski definition) is 2. The van der Waals surface area contributed by atoms with Crippen LogP contribution in [0.5, 0.6) is 0 Å². The van der Waals surface area contributed by atoms with Crippen LogP contribution in [-0.2, 0) is 4.79 Å². The van der Waals surface area contributed by atoms with Gasteiger partial charge in [-0.25, -0.2) is 0 Å². The van der Waals surface area contributed by atoms with E-state index in [9.17, 15) is 4.79 Å². The highest BCUT2D eigenvalue weighted by Crippen LogP contribution is 2.43. The summed E-state index contributed by atoms with van der Waals surface area (Å²) < 4.78 is 0. The second kappa shape index (κ2) is 4.52. The van der Waals surface area contributed by atoms with Crippen LogP contribution in [0.4, 0.5) is 0 Å². The predicted molar refractivity (Wildman–Crippen MR) is 62.7 cm³/mol. The normalized spacial score (nSPS) is 18.7. The molecular formula is C12H24N2O. The van der Waals surface area contributed by atoms with Gasteiger partial charge in [-0.1, -0.05) is 13.8 Å². The topological polar surface area (TPSA) is 41.1 Å². The molecule has 3 nitrogen and oxygen atoms in total. The molecule has 1 aliphatic carbocycles. The van der Waals surface area contributed by atoms with Gasteiger partial charge in [-0.05, 0) is 38.5 Å². The van der Waals surface area contributed by atoms with E-state index < -0.39 is 0 Å². The van der Waals surface area contributed by atoms with Crippen LogP contribution in [-0.4, -0.2) is 24.5 Å². The molecule has 0 radical (unpaired) electrons. The van der Waals surface area contributed by atoms with E-state index in [1.807, 2.05) is 13.8 Å². The van der Waals surface area contributed by atoms with Crippen LogP contribution in [0, 0.1) is 5.41 Å².